The second kappa shape index (κ2) is 4.92. The van der Waals surface area contributed by atoms with E-state index in [0.717, 1.165) is 13.1 Å². The number of halogens is 1. The molecule has 0 atom stereocenters. The van der Waals surface area contributed by atoms with Crippen LogP contribution in [0.1, 0.15) is 19.3 Å². The molecule has 1 fully saturated rings. The number of carbonyl (C=O) groups is 1. The lowest BCUT2D eigenvalue weighted by Gasteiger charge is -2.24. The monoisotopic (exact) mass is 269 g/mol. The highest BCUT2D eigenvalue weighted by atomic mass is 127. The molecule has 4 heteroatoms. The second-order valence-electron chi connectivity index (χ2n) is 2.79. The van der Waals surface area contributed by atoms with Gasteiger partial charge in [0.15, 0.2) is 23.0 Å². The highest BCUT2D eigenvalue weighted by molar-refractivity contribution is 14.1. The minimum Gasteiger partial charge on any atom is -0.394 e. The first-order valence-corrected chi connectivity index (χ1v) is 4.75. The molecule has 0 saturated carbocycles. The third-order valence-corrected chi connectivity index (χ3v) is 2.38. The van der Waals surface area contributed by atoms with Crippen LogP contribution in [0.25, 0.3) is 0 Å². The second-order valence-corrected chi connectivity index (χ2v) is 3.23. The molecule has 1 heterocycles. The van der Waals surface area contributed by atoms with E-state index >= 15 is 0 Å². The normalized spacial score (nSPS) is 19.7. The van der Waals surface area contributed by atoms with Gasteiger partial charge < -0.3 is 3.07 Å². The topological polar surface area (TPSA) is 29.5 Å². The van der Waals surface area contributed by atoms with Gasteiger partial charge in [0, 0.05) is 0 Å². The van der Waals surface area contributed by atoms with E-state index in [0.29, 0.717) is 6.54 Å². The minimum absolute atomic E-state index is 0.132. The summed E-state index contributed by atoms with van der Waals surface area (Å²) in [6.45, 7) is 2.56. The van der Waals surface area contributed by atoms with Crippen molar-refractivity contribution in [2.45, 2.75) is 19.3 Å². The van der Waals surface area contributed by atoms with Crippen molar-refractivity contribution in [1.29, 1.82) is 0 Å². The Balaban J connectivity index is 2.19. The Labute approximate surface area is 80.8 Å². The number of hydrogen-bond donors (Lipinski definition) is 0. The molecule has 1 aliphatic rings. The molecule has 0 aliphatic carbocycles. The highest BCUT2D eigenvalue weighted by Gasteiger charge is 2.13. The standard InChI is InChI=1S/C7H12INO2/c8-11-7(10)6-9-4-2-1-3-5-9/h1-6H2. The first-order valence-electron chi connectivity index (χ1n) is 3.86. The van der Waals surface area contributed by atoms with Crippen molar-refractivity contribution in [1.82, 2.24) is 4.90 Å². The van der Waals surface area contributed by atoms with E-state index < -0.39 is 0 Å². The van der Waals surface area contributed by atoms with Gasteiger partial charge in [0.1, 0.15) is 0 Å². The van der Waals surface area contributed by atoms with E-state index in [-0.39, 0.29) is 5.97 Å². The first-order chi connectivity index (χ1) is 5.33. The molecule has 0 spiro atoms. The van der Waals surface area contributed by atoms with Gasteiger partial charge in [-0.3, -0.25) is 4.90 Å². The number of rotatable bonds is 2. The molecule has 0 aromatic heterocycles. The van der Waals surface area contributed by atoms with Crippen LogP contribution in [0.2, 0.25) is 0 Å². The molecule has 0 radical (unpaired) electrons. The molecule has 0 N–H and O–H groups in total. The Hall–Kier alpha value is 0.160. The fourth-order valence-corrected chi connectivity index (χ4v) is 1.46. The van der Waals surface area contributed by atoms with Gasteiger partial charge in [-0.1, -0.05) is 6.42 Å². The van der Waals surface area contributed by atoms with Crippen LogP contribution < -0.4 is 0 Å². The summed E-state index contributed by atoms with van der Waals surface area (Å²) in [5, 5.41) is 0. The third kappa shape index (κ3) is 3.37. The van der Waals surface area contributed by atoms with Crippen LogP contribution in [-0.2, 0) is 7.86 Å². The Kier molecular flexibility index (Phi) is 4.14. The van der Waals surface area contributed by atoms with Crippen molar-refractivity contribution in [3.63, 3.8) is 0 Å². The van der Waals surface area contributed by atoms with Crippen molar-refractivity contribution in [3.8, 4) is 0 Å². The van der Waals surface area contributed by atoms with Gasteiger partial charge in [-0.25, -0.2) is 4.79 Å². The van der Waals surface area contributed by atoms with E-state index in [4.69, 9.17) is 0 Å². The third-order valence-electron chi connectivity index (χ3n) is 1.89. The number of hydrogen-bond acceptors (Lipinski definition) is 3. The first kappa shape index (κ1) is 9.25. The van der Waals surface area contributed by atoms with Crippen LogP contribution in [0.15, 0.2) is 0 Å². The lowest BCUT2D eigenvalue weighted by Crippen LogP contribution is -2.34. The molecule has 0 bridgehead atoms. The largest absolute Gasteiger partial charge is 0.394 e. The molecule has 1 aliphatic heterocycles. The molecular formula is C7H12INO2. The SMILES string of the molecule is O=C(CN1CCCCC1)OI. The molecule has 0 amide bonds. The average molecular weight is 269 g/mol. The van der Waals surface area contributed by atoms with Crippen molar-refractivity contribution in [2.24, 2.45) is 0 Å². The van der Waals surface area contributed by atoms with Crippen molar-refractivity contribution in [3.05, 3.63) is 0 Å². The van der Waals surface area contributed by atoms with Crippen LogP contribution in [-0.4, -0.2) is 30.5 Å². The number of carbonyl (C=O) groups excluding carboxylic acids is 1. The predicted octanol–water partition coefficient (Wildman–Crippen LogP) is 1.37. The van der Waals surface area contributed by atoms with Crippen LogP contribution >= 0.6 is 23.0 Å². The van der Waals surface area contributed by atoms with Crippen LogP contribution in [0.3, 0.4) is 0 Å². The number of nitrogens with zero attached hydrogens (tertiary/aromatic N) is 1. The maximum atomic E-state index is 10.8. The van der Waals surface area contributed by atoms with Crippen molar-refractivity contribution >= 4 is 29.0 Å². The highest BCUT2D eigenvalue weighted by Crippen LogP contribution is 2.08. The molecule has 0 unspecified atom stereocenters. The molecule has 11 heavy (non-hydrogen) atoms. The van der Waals surface area contributed by atoms with Gasteiger partial charge in [0.2, 0.25) is 0 Å². The summed E-state index contributed by atoms with van der Waals surface area (Å²) in [5.41, 5.74) is 0. The Morgan fingerprint density at radius 2 is 2.00 bits per heavy atom. The molecular weight excluding hydrogens is 257 g/mol. The average Bonchev–Trinajstić information content (AvgIpc) is 2.06. The molecule has 1 rings (SSSR count). The summed E-state index contributed by atoms with van der Waals surface area (Å²) in [4.78, 5) is 13.0. The lowest BCUT2D eigenvalue weighted by molar-refractivity contribution is -0.132. The number of piperidine rings is 1. The molecule has 1 saturated heterocycles. The molecule has 3 nitrogen and oxygen atoms in total. The Bertz CT molecular complexity index is 134. The smallest absolute Gasteiger partial charge is 0.329 e. The maximum Gasteiger partial charge on any atom is 0.329 e. The van der Waals surface area contributed by atoms with Crippen LogP contribution in [0, 0.1) is 0 Å². The van der Waals surface area contributed by atoms with E-state index in [1.165, 1.54) is 19.3 Å². The zero-order chi connectivity index (χ0) is 8.10. The van der Waals surface area contributed by atoms with Gasteiger partial charge >= 0.3 is 5.97 Å². The van der Waals surface area contributed by atoms with Crippen LogP contribution in [0.4, 0.5) is 0 Å². The zero-order valence-corrected chi connectivity index (χ0v) is 8.54. The van der Waals surface area contributed by atoms with E-state index in [9.17, 15) is 4.79 Å². The lowest BCUT2D eigenvalue weighted by atomic mass is 10.1. The fraction of sp³-hybridized carbons (Fsp3) is 0.857. The van der Waals surface area contributed by atoms with E-state index in [1.54, 1.807) is 23.0 Å². The summed E-state index contributed by atoms with van der Waals surface area (Å²) in [6.07, 6.45) is 3.73. The molecule has 64 valence electrons. The Morgan fingerprint density at radius 3 is 2.55 bits per heavy atom. The van der Waals surface area contributed by atoms with E-state index in [2.05, 4.69) is 7.97 Å². The molecule has 0 aromatic carbocycles. The summed E-state index contributed by atoms with van der Waals surface area (Å²) >= 11 is 1.63. The zero-order valence-electron chi connectivity index (χ0n) is 6.38. The number of likely N-dealkylation sites (tertiary alicyclic amines) is 1. The summed E-state index contributed by atoms with van der Waals surface area (Å²) in [5.74, 6) is -0.132. The van der Waals surface area contributed by atoms with Gasteiger partial charge in [0.05, 0.1) is 6.54 Å². The summed E-state index contributed by atoms with van der Waals surface area (Å²) in [6, 6.07) is 0. The van der Waals surface area contributed by atoms with Crippen molar-refractivity contribution in [2.75, 3.05) is 19.6 Å². The quantitative estimate of drug-likeness (QED) is 0.709. The summed E-state index contributed by atoms with van der Waals surface area (Å²) in [7, 11) is 0. The van der Waals surface area contributed by atoms with Gasteiger partial charge in [-0.2, -0.15) is 0 Å². The van der Waals surface area contributed by atoms with E-state index in [1.807, 2.05) is 0 Å². The minimum atomic E-state index is -0.132. The van der Waals surface area contributed by atoms with Gasteiger partial charge in [-0.05, 0) is 25.9 Å². The fourth-order valence-electron chi connectivity index (χ4n) is 1.32. The van der Waals surface area contributed by atoms with Gasteiger partial charge in [0.25, 0.3) is 0 Å². The summed E-state index contributed by atoms with van der Waals surface area (Å²) < 4.78 is 4.54. The maximum absolute atomic E-state index is 10.8. The van der Waals surface area contributed by atoms with Gasteiger partial charge in [-0.15, -0.1) is 0 Å². The molecule has 0 aromatic rings. The Morgan fingerprint density at radius 1 is 1.36 bits per heavy atom. The van der Waals surface area contributed by atoms with Crippen molar-refractivity contribution < 1.29 is 7.86 Å². The predicted molar refractivity (Wildman–Crippen MR) is 50.4 cm³/mol. The van der Waals surface area contributed by atoms with Crippen LogP contribution in [0.5, 0.6) is 0 Å².